The molecule has 9 nitrogen and oxygen atoms in total. The number of rotatable bonds is 4. The molecule has 1 aliphatic rings. The topological polar surface area (TPSA) is 112 Å². The largest absolute Gasteiger partial charge is 0.308 e. The molecule has 12 heteroatoms. The molecule has 29 heavy (non-hydrogen) atoms. The molecule has 0 saturated carbocycles. The molecule has 0 radical (unpaired) electrons. The highest BCUT2D eigenvalue weighted by Gasteiger charge is 2.30. The number of nitrogens with one attached hydrogen (secondary N) is 1. The number of piperazine rings is 1. The maximum Gasteiger partial charge on any atom is 0.268 e. The summed E-state index contributed by atoms with van der Waals surface area (Å²) in [5.74, 6) is 0.593. The fourth-order valence-corrected chi connectivity index (χ4v) is 6.37. The Kier molecular flexibility index (Phi) is 4.67. The van der Waals surface area contributed by atoms with Crippen molar-refractivity contribution >= 4 is 54.3 Å². The molecular formula is C17H16N6O3S3. The second kappa shape index (κ2) is 7.22. The fourth-order valence-electron chi connectivity index (χ4n) is 3.46. The molecule has 0 aliphatic carbocycles. The van der Waals surface area contributed by atoms with E-state index in [0.717, 1.165) is 11.7 Å². The molecule has 1 N–H and O–H groups in total. The van der Waals surface area contributed by atoms with Gasteiger partial charge >= 0.3 is 0 Å². The van der Waals surface area contributed by atoms with E-state index in [0.29, 0.717) is 59.8 Å². The zero-order chi connectivity index (χ0) is 20.0. The lowest BCUT2D eigenvalue weighted by Gasteiger charge is -2.33. The van der Waals surface area contributed by atoms with Crippen LogP contribution in [0.4, 0.5) is 0 Å². The van der Waals surface area contributed by atoms with Crippen LogP contribution in [0.1, 0.15) is 5.82 Å². The van der Waals surface area contributed by atoms with Crippen LogP contribution in [0.2, 0.25) is 0 Å². The molecule has 4 aromatic rings. The number of aromatic amines is 1. The molecule has 1 fully saturated rings. The summed E-state index contributed by atoms with van der Waals surface area (Å²) >= 11 is 2.38. The Balaban J connectivity index is 1.32. The van der Waals surface area contributed by atoms with E-state index < -0.39 is 10.0 Å². The van der Waals surface area contributed by atoms with E-state index in [9.17, 15) is 13.2 Å². The maximum atomic E-state index is 13.1. The van der Waals surface area contributed by atoms with Gasteiger partial charge in [0, 0.05) is 26.2 Å². The van der Waals surface area contributed by atoms with Gasteiger partial charge in [0.1, 0.15) is 26.5 Å². The standard InChI is InChI=1S/C17H16N6O3S3/c24-17-16-12(4-9-27-16)18-14(19-17)10-22-5-7-23(8-6-22)29(25,26)13-3-1-2-11-15(13)21-28-20-11/h1-4,9H,5-8,10H2,(H,18,19,24). The van der Waals surface area contributed by atoms with Gasteiger partial charge in [-0.15, -0.1) is 11.3 Å². The molecule has 0 bridgehead atoms. The molecule has 0 amide bonds. The van der Waals surface area contributed by atoms with Crippen LogP contribution >= 0.6 is 23.1 Å². The van der Waals surface area contributed by atoms with Gasteiger partial charge in [-0.25, -0.2) is 13.4 Å². The van der Waals surface area contributed by atoms with Gasteiger partial charge in [-0.05, 0) is 23.6 Å². The normalized spacial score (nSPS) is 16.7. The number of hydrogen-bond donors (Lipinski definition) is 1. The van der Waals surface area contributed by atoms with Crippen LogP contribution < -0.4 is 5.56 Å². The van der Waals surface area contributed by atoms with Gasteiger partial charge in [-0.2, -0.15) is 13.1 Å². The number of thiophene rings is 1. The van der Waals surface area contributed by atoms with E-state index in [-0.39, 0.29) is 10.5 Å². The molecule has 150 valence electrons. The lowest BCUT2D eigenvalue weighted by atomic mass is 10.3. The van der Waals surface area contributed by atoms with Gasteiger partial charge in [-0.1, -0.05) is 6.07 Å². The highest BCUT2D eigenvalue weighted by atomic mass is 32.2. The highest BCUT2D eigenvalue weighted by Crippen LogP contribution is 2.25. The summed E-state index contributed by atoms with van der Waals surface area (Å²) in [4.78, 5) is 21.7. The van der Waals surface area contributed by atoms with Crippen LogP contribution in [0.25, 0.3) is 21.3 Å². The molecule has 1 saturated heterocycles. The van der Waals surface area contributed by atoms with Crippen molar-refractivity contribution in [2.75, 3.05) is 26.2 Å². The summed E-state index contributed by atoms with van der Waals surface area (Å²) in [5, 5.41) is 1.85. The molecule has 4 heterocycles. The van der Waals surface area contributed by atoms with Crippen LogP contribution in [-0.4, -0.2) is 62.5 Å². The lowest BCUT2D eigenvalue weighted by Crippen LogP contribution is -2.48. The van der Waals surface area contributed by atoms with Gasteiger partial charge in [0.2, 0.25) is 10.0 Å². The van der Waals surface area contributed by atoms with Crippen LogP contribution in [0.3, 0.4) is 0 Å². The van der Waals surface area contributed by atoms with Gasteiger partial charge < -0.3 is 4.98 Å². The average molecular weight is 449 g/mol. The van der Waals surface area contributed by atoms with Crippen molar-refractivity contribution in [3.8, 4) is 0 Å². The summed E-state index contributed by atoms with van der Waals surface area (Å²) in [6, 6.07) is 6.86. The van der Waals surface area contributed by atoms with E-state index in [1.54, 1.807) is 18.2 Å². The zero-order valence-corrected chi connectivity index (χ0v) is 17.6. The average Bonchev–Trinajstić information content (AvgIpc) is 3.37. The number of nitrogens with zero attached hydrogens (tertiary/aromatic N) is 5. The van der Waals surface area contributed by atoms with Gasteiger partial charge in [0.25, 0.3) is 5.56 Å². The number of sulfonamides is 1. The smallest absolute Gasteiger partial charge is 0.268 e. The third-order valence-electron chi connectivity index (χ3n) is 4.94. The molecule has 1 aromatic carbocycles. The second-order valence-electron chi connectivity index (χ2n) is 6.72. The lowest BCUT2D eigenvalue weighted by molar-refractivity contribution is 0.178. The molecule has 5 rings (SSSR count). The minimum absolute atomic E-state index is 0.133. The van der Waals surface area contributed by atoms with Crippen molar-refractivity contribution in [1.29, 1.82) is 0 Å². The van der Waals surface area contributed by atoms with E-state index in [1.807, 2.05) is 11.4 Å². The first-order valence-electron chi connectivity index (χ1n) is 8.92. The first kappa shape index (κ1) is 18.8. The minimum Gasteiger partial charge on any atom is -0.308 e. The number of hydrogen-bond acceptors (Lipinski definition) is 9. The van der Waals surface area contributed by atoms with Gasteiger partial charge in [0.15, 0.2) is 0 Å². The van der Waals surface area contributed by atoms with Crippen LogP contribution in [0, 0.1) is 0 Å². The number of H-pyrrole nitrogens is 1. The summed E-state index contributed by atoms with van der Waals surface area (Å²) in [6.45, 7) is 2.30. The number of fused-ring (bicyclic) bond motifs is 2. The third kappa shape index (κ3) is 3.36. The van der Waals surface area contributed by atoms with E-state index in [1.165, 1.54) is 15.6 Å². The van der Waals surface area contributed by atoms with Crippen molar-refractivity contribution in [3.05, 3.63) is 45.8 Å². The zero-order valence-electron chi connectivity index (χ0n) is 15.1. The molecule has 0 atom stereocenters. The molecule has 0 spiro atoms. The first-order chi connectivity index (χ1) is 14.0. The maximum absolute atomic E-state index is 13.1. The van der Waals surface area contributed by atoms with Crippen molar-refractivity contribution in [3.63, 3.8) is 0 Å². The summed E-state index contributed by atoms with van der Waals surface area (Å²) in [7, 11) is -3.64. The van der Waals surface area contributed by atoms with Crippen LogP contribution in [0.15, 0.2) is 39.3 Å². The molecule has 0 unspecified atom stereocenters. The van der Waals surface area contributed by atoms with E-state index in [4.69, 9.17) is 0 Å². The van der Waals surface area contributed by atoms with Crippen LogP contribution in [0.5, 0.6) is 0 Å². The van der Waals surface area contributed by atoms with Crippen molar-refractivity contribution in [1.82, 2.24) is 27.9 Å². The van der Waals surface area contributed by atoms with E-state index >= 15 is 0 Å². The summed E-state index contributed by atoms with van der Waals surface area (Å²) in [5.41, 5.74) is 1.57. The first-order valence-corrected chi connectivity index (χ1v) is 12.0. The Morgan fingerprint density at radius 3 is 2.72 bits per heavy atom. The molecular weight excluding hydrogens is 432 g/mol. The Morgan fingerprint density at radius 2 is 1.90 bits per heavy atom. The Hall–Kier alpha value is -2.25. The van der Waals surface area contributed by atoms with Crippen molar-refractivity contribution in [2.24, 2.45) is 0 Å². The Labute approximate surface area is 174 Å². The van der Waals surface area contributed by atoms with Gasteiger partial charge in [0.05, 0.1) is 23.8 Å². The predicted molar refractivity (Wildman–Crippen MR) is 112 cm³/mol. The monoisotopic (exact) mass is 448 g/mol. The SMILES string of the molecule is O=c1[nH]c(CN2CCN(S(=O)(=O)c3cccc4nsnc34)CC2)nc2ccsc12. The predicted octanol–water partition coefficient (Wildman–Crippen LogP) is 1.50. The van der Waals surface area contributed by atoms with Gasteiger partial charge in [-0.3, -0.25) is 9.69 Å². The molecule has 1 aliphatic heterocycles. The minimum atomic E-state index is -3.64. The second-order valence-corrected chi connectivity index (χ2v) is 10.1. The van der Waals surface area contributed by atoms with Crippen molar-refractivity contribution in [2.45, 2.75) is 11.4 Å². The third-order valence-corrected chi connectivity index (χ3v) is 8.31. The van der Waals surface area contributed by atoms with Crippen LogP contribution in [-0.2, 0) is 16.6 Å². The number of benzene rings is 1. The Bertz CT molecular complexity index is 1350. The fraction of sp³-hybridized carbons (Fsp3) is 0.294. The quantitative estimate of drug-likeness (QED) is 0.503. The summed E-state index contributed by atoms with van der Waals surface area (Å²) < 4.78 is 36.6. The van der Waals surface area contributed by atoms with E-state index in [2.05, 4.69) is 23.6 Å². The summed E-state index contributed by atoms with van der Waals surface area (Å²) in [6.07, 6.45) is 0. The van der Waals surface area contributed by atoms with Crippen molar-refractivity contribution < 1.29 is 8.42 Å². The number of aromatic nitrogens is 4. The highest BCUT2D eigenvalue weighted by molar-refractivity contribution is 7.89. The Morgan fingerprint density at radius 1 is 1.07 bits per heavy atom. The molecule has 3 aromatic heterocycles.